The van der Waals surface area contributed by atoms with Gasteiger partial charge in [0.1, 0.15) is 11.2 Å². The molecule has 5 heteroatoms. The predicted octanol–water partition coefficient (Wildman–Crippen LogP) is 13.6. The van der Waals surface area contributed by atoms with Crippen LogP contribution < -0.4 is 0 Å². The third-order valence-corrected chi connectivity index (χ3v) is 11.5. The molecule has 0 bridgehead atoms. The van der Waals surface area contributed by atoms with Gasteiger partial charge in [0.15, 0.2) is 17.5 Å². The van der Waals surface area contributed by atoms with E-state index in [0.717, 1.165) is 66.3 Å². The first-order valence-corrected chi connectivity index (χ1v) is 18.8. The number of furan rings is 1. The Morgan fingerprint density at radius 2 is 0.944 bits per heavy atom. The van der Waals surface area contributed by atoms with Crippen molar-refractivity contribution in [1.82, 2.24) is 15.0 Å². The van der Waals surface area contributed by atoms with Gasteiger partial charge in [0, 0.05) is 58.6 Å². The van der Waals surface area contributed by atoms with Gasteiger partial charge in [-0.05, 0) is 40.3 Å². The standard InChI is InChI=1S/C49H29N3OS/c1-3-12-30(13-4-1)32-16-9-17-34(28-32)48-50-47(31-14-5-2-6-15-31)51-49(52-48)42-22-11-21-40-36(42)26-27-41-38-25-24-33(29-44(38)54-46(40)41)35-19-10-20-39-37-18-7-8-23-43(37)53-45(35)39/h1-29H. The molecule has 0 N–H and O–H groups in total. The van der Waals surface area contributed by atoms with Gasteiger partial charge in [0.05, 0.1) is 0 Å². The van der Waals surface area contributed by atoms with Crippen LogP contribution >= 0.6 is 11.3 Å². The molecule has 11 rings (SSSR count). The van der Waals surface area contributed by atoms with Crippen molar-refractivity contribution in [2.24, 2.45) is 0 Å². The van der Waals surface area contributed by atoms with E-state index in [1.807, 2.05) is 47.7 Å². The van der Waals surface area contributed by atoms with Crippen molar-refractivity contribution in [3.8, 4) is 56.4 Å². The average Bonchev–Trinajstić information content (AvgIpc) is 3.82. The van der Waals surface area contributed by atoms with Crippen LogP contribution in [0.2, 0.25) is 0 Å². The zero-order chi connectivity index (χ0) is 35.6. The fourth-order valence-corrected chi connectivity index (χ4v) is 9.01. The van der Waals surface area contributed by atoms with E-state index in [2.05, 4.69) is 140 Å². The summed E-state index contributed by atoms with van der Waals surface area (Å²) in [7, 11) is 0. The Bertz CT molecular complexity index is 3220. The first-order valence-electron chi connectivity index (χ1n) is 18.0. The van der Waals surface area contributed by atoms with Crippen molar-refractivity contribution in [2.75, 3.05) is 0 Å². The molecule has 0 atom stereocenters. The molecule has 8 aromatic carbocycles. The zero-order valence-electron chi connectivity index (χ0n) is 28.9. The molecule has 0 saturated carbocycles. The number of rotatable bonds is 5. The molecule has 0 aliphatic rings. The maximum Gasteiger partial charge on any atom is 0.164 e. The fourth-order valence-electron chi connectivity index (χ4n) is 7.74. The van der Waals surface area contributed by atoms with Crippen LogP contribution in [0, 0.1) is 0 Å². The Hall–Kier alpha value is -6.95. The second-order valence-corrected chi connectivity index (χ2v) is 14.6. The number of nitrogens with zero attached hydrogens (tertiary/aromatic N) is 3. The molecule has 0 amide bonds. The maximum atomic E-state index is 6.41. The molecule has 11 aromatic rings. The predicted molar refractivity (Wildman–Crippen MR) is 225 cm³/mol. The number of aromatic nitrogens is 3. The first-order chi connectivity index (χ1) is 26.7. The lowest BCUT2D eigenvalue weighted by molar-refractivity contribution is 0.670. The highest BCUT2D eigenvalue weighted by atomic mass is 32.1. The molecule has 4 nitrogen and oxygen atoms in total. The summed E-state index contributed by atoms with van der Waals surface area (Å²) in [4.78, 5) is 15.3. The number of benzene rings is 8. The van der Waals surface area contributed by atoms with Crippen LogP contribution in [0.1, 0.15) is 0 Å². The summed E-state index contributed by atoms with van der Waals surface area (Å²) >= 11 is 1.83. The lowest BCUT2D eigenvalue weighted by Crippen LogP contribution is -2.00. The summed E-state index contributed by atoms with van der Waals surface area (Å²) in [6.07, 6.45) is 0. The summed E-state index contributed by atoms with van der Waals surface area (Å²) in [5.41, 5.74) is 9.21. The number of para-hydroxylation sites is 2. The van der Waals surface area contributed by atoms with Gasteiger partial charge in [-0.2, -0.15) is 0 Å². The topological polar surface area (TPSA) is 51.8 Å². The van der Waals surface area contributed by atoms with Crippen molar-refractivity contribution in [1.29, 1.82) is 0 Å². The monoisotopic (exact) mass is 707 g/mol. The number of hydrogen-bond donors (Lipinski definition) is 0. The Kier molecular flexibility index (Phi) is 7.00. The summed E-state index contributed by atoms with van der Waals surface area (Å²) in [6.45, 7) is 0. The molecular weight excluding hydrogens is 679 g/mol. The number of hydrogen-bond acceptors (Lipinski definition) is 5. The molecule has 3 aromatic heterocycles. The highest BCUT2D eigenvalue weighted by Crippen LogP contribution is 2.43. The lowest BCUT2D eigenvalue weighted by Gasteiger charge is -2.11. The van der Waals surface area contributed by atoms with Gasteiger partial charge < -0.3 is 4.42 Å². The molecule has 0 spiro atoms. The third kappa shape index (κ3) is 5.01. The molecule has 0 fully saturated rings. The van der Waals surface area contributed by atoms with Gasteiger partial charge in [-0.3, -0.25) is 0 Å². The highest BCUT2D eigenvalue weighted by molar-refractivity contribution is 7.26. The van der Waals surface area contributed by atoms with Crippen molar-refractivity contribution in [3.63, 3.8) is 0 Å². The lowest BCUT2D eigenvalue weighted by atomic mass is 9.99. The third-order valence-electron chi connectivity index (χ3n) is 10.3. The van der Waals surface area contributed by atoms with Gasteiger partial charge in [-0.25, -0.2) is 15.0 Å². The minimum Gasteiger partial charge on any atom is -0.455 e. The van der Waals surface area contributed by atoms with E-state index in [1.54, 1.807) is 0 Å². The first kappa shape index (κ1) is 30.7. The van der Waals surface area contributed by atoms with E-state index in [4.69, 9.17) is 19.4 Å². The van der Waals surface area contributed by atoms with Crippen LogP contribution in [0.15, 0.2) is 180 Å². The highest BCUT2D eigenvalue weighted by Gasteiger charge is 2.18. The summed E-state index contributed by atoms with van der Waals surface area (Å²) in [5.74, 6) is 1.94. The zero-order valence-corrected chi connectivity index (χ0v) is 29.7. The van der Waals surface area contributed by atoms with Gasteiger partial charge in [-0.1, -0.05) is 158 Å². The normalized spacial score (nSPS) is 11.7. The van der Waals surface area contributed by atoms with E-state index >= 15 is 0 Å². The summed E-state index contributed by atoms with van der Waals surface area (Å²) in [5, 5.41) is 7.06. The summed E-state index contributed by atoms with van der Waals surface area (Å²) < 4.78 is 8.89. The van der Waals surface area contributed by atoms with Gasteiger partial charge in [0.2, 0.25) is 0 Å². The van der Waals surface area contributed by atoms with E-state index in [0.29, 0.717) is 17.5 Å². The molecular formula is C49H29N3OS. The van der Waals surface area contributed by atoms with Crippen LogP contribution in [0.5, 0.6) is 0 Å². The maximum absolute atomic E-state index is 6.41. The SMILES string of the molecule is c1ccc(-c2cccc(-c3nc(-c4ccccc4)nc(-c4cccc5c4ccc4c6ccc(-c7cccc8c7oc7ccccc78)cc6sc54)n3)c2)cc1. The Labute approximate surface area is 314 Å². The smallest absolute Gasteiger partial charge is 0.164 e. The van der Waals surface area contributed by atoms with Crippen LogP contribution in [-0.2, 0) is 0 Å². The van der Waals surface area contributed by atoms with Gasteiger partial charge >= 0.3 is 0 Å². The van der Waals surface area contributed by atoms with E-state index < -0.39 is 0 Å². The van der Waals surface area contributed by atoms with Crippen molar-refractivity contribution in [2.45, 2.75) is 0 Å². The minimum absolute atomic E-state index is 0.642. The molecule has 252 valence electrons. The van der Waals surface area contributed by atoms with Crippen molar-refractivity contribution >= 4 is 64.2 Å². The van der Waals surface area contributed by atoms with Crippen molar-refractivity contribution in [3.05, 3.63) is 176 Å². The molecule has 0 aliphatic heterocycles. The van der Waals surface area contributed by atoms with Gasteiger partial charge in [-0.15, -0.1) is 11.3 Å². The average molecular weight is 708 g/mol. The number of thiophene rings is 1. The minimum atomic E-state index is 0.642. The van der Waals surface area contributed by atoms with Crippen molar-refractivity contribution < 1.29 is 4.42 Å². The Balaban J connectivity index is 1.07. The number of fused-ring (bicyclic) bond motifs is 8. The molecule has 0 radical (unpaired) electrons. The molecule has 54 heavy (non-hydrogen) atoms. The fraction of sp³-hybridized carbons (Fsp3) is 0. The Morgan fingerprint density at radius 3 is 1.80 bits per heavy atom. The quantitative estimate of drug-likeness (QED) is 0.179. The van der Waals surface area contributed by atoms with Crippen LogP contribution in [0.3, 0.4) is 0 Å². The molecule has 0 aliphatic carbocycles. The van der Waals surface area contributed by atoms with Crippen LogP contribution in [0.25, 0.3) is 109 Å². The van der Waals surface area contributed by atoms with Gasteiger partial charge in [0.25, 0.3) is 0 Å². The van der Waals surface area contributed by atoms with Crippen LogP contribution in [0.4, 0.5) is 0 Å². The second kappa shape index (κ2) is 12.3. The molecule has 0 saturated heterocycles. The second-order valence-electron chi connectivity index (χ2n) is 13.6. The largest absolute Gasteiger partial charge is 0.455 e. The Morgan fingerprint density at radius 1 is 0.352 bits per heavy atom. The molecule has 3 heterocycles. The van der Waals surface area contributed by atoms with E-state index in [-0.39, 0.29) is 0 Å². The van der Waals surface area contributed by atoms with E-state index in [1.165, 1.54) is 25.6 Å². The summed E-state index contributed by atoms with van der Waals surface area (Å²) in [6, 6.07) is 61.4. The van der Waals surface area contributed by atoms with Crippen LogP contribution in [-0.4, -0.2) is 15.0 Å². The van der Waals surface area contributed by atoms with E-state index in [9.17, 15) is 0 Å². The molecule has 0 unspecified atom stereocenters.